The Labute approximate surface area is 239 Å². The SMILES string of the molecule is CCCN(CCC)CCC[C@H](NC(=O)c1ccc(CNCc2ncc[nH]2)cc1)C(=O)NCCCc1ccccc1. The van der Waals surface area contributed by atoms with Gasteiger partial charge in [0.25, 0.3) is 5.91 Å². The molecule has 8 nitrogen and oxygen atoms in total. The smallest absolute Gasteiger partial charge is 0.251 e. The van der Waals surface area contributed by atoms with Gasteiger partial charge in [-0.1, -0.05) is 56.3 Å². The first-order valence-electron chi connectivity index (χ1n) is 14.7. The molecule has 0 unspecified atom stereocenters. The molecule has 1 heterocycles. The number of hydrogen-bond acceptors (Lipinski definition) is 5. The number of aromatic nitrogens is 2. The lowest BCUT2D eigenvalue weighted by molar-refractivity contribution is -0.123. The van der Waals surface area contributed by atoms with Crippen LogP contribution in [0, 0.1) is 0 Å². The number of benzene rings is 2. The van der Waals surface area contributed by atoms with E-state index in [-0.39, 0.29) is 11.8 Å². The number of H-pyrrole nitrogens is 1. The Balaban J connectivity index is 1.52. The highest BCUT2D eigenvalue weighted by molar-refractivity contribution is 5.97. The average Bonchev–Trinajstić information content (AvgIpc) is 3.49. The normalized spacial score (nSPS) is 11.9. The third-order valence-corrected chi connectivity index (χ3v) is 6.85. The molecule has 0 radical (unpaired) electrons. The Bertz CT molecular complexity index is 1100. The Kier molecular flexibility index (Phi) is 13.9. The molecular weight excluding hydrogens is 500 g/mol. The van der Waals surface area contributed by atoms with Gasteiger partial charge >= 0.3 is 0 Å². The predicted octanol–water partition coefficient (Wildman–Crippen LogP) is 4.45. The van der Waals surface area contributed by atoms with E-state index in [9.17, 15) is 9.59 Å². The van der Waals surface area contributed by atoms with Crippen molar-refractivity contribution in [3.63, 3.8) is 0 Å². The largest absolute Gasteiger partial charge is 0.354 e. The van der Waals surface area contributed by atoms with Gasteiger partial charge in [0.1, 0.15) is 11.9 Å². The molecule has 2 aromatic carbocycles. The summed E-state index contributed by atoms with van der Waals surface area (Å²) < 4.78 is 0. The van der Waals surface area contributed by atoms with Crippen LogP contribution < -0.4 is 16.0 Å². The first-order valence-corrected chi connectivity index (χ1v) is 14.7. The molecule has 0 saturated carbocycles. The summed E-state index contributed by atoms with van der Waals surface area (Å²) >= 11 is 0. The summed E-state index contributed by atoms with van der Waals surface area (Å²) in [5.74, 6) is 0.545. The average molecular weight is 547 g/mol. The van der Waals surface area contributed by atoms with Crippen LogP contribution in [-0.4, -0.2) is 58.9 Å². The van der Waals surface area contributed by atoms with Crippen molar-refractivity contribution in [1.82, 2.24) is 30.8 Å². The summed E-state index contributed by atoms with van der Waals surface area (Å²) in [6.45, 7) is 9.31. The third-order valence-electron chi connectivity index (χ3n) is 6.85. The zero-order valence-corrected chi connectivity index (χ0v) is 24.1. The van der Waals surface area contributed by atoms with Gasteiger partial charge < -0.3 is 25.8 Å². The van der Waals surface area contributed by atoms with Crippen molar-refractivity contribution in [2.75, 3.05) is 26.2 Å². The van der Waals surface area contributed by atoms with Crippen LogP contribution in [0.1, 0.15) is 73.3 Å². The topological polar surface area (TPSA) is 102 Å². The quantitative estimate of drug-likeness (QED) is 0.166. The number of imidazole rings is 1. The minimum absolute atomic E-state index is 0.113. The summed E-state index contributed by atoms with van der Waals surface area (Å²) in [4.78, 5) is 36.0. The molecule has 4 N–H and O–H groups in total. The molecule has 0 saturated heterocycles. The minimum Gasteiger partial charge on any atom is -0.354 e. The number of aryl methyl sites for hydroxylation is 1. The number of carbonyl (C=O) groups excluding carboxylic acids is 2. The molecule has 1 aromatic heterocycles. The second-order valence-electron chi connectivity index (χ2n) is 10.2. The van der Waals surface area contributed by atoms with Crippen molar-refractivity contribution in [1.29, 1.82) is 0 Å². The fourth-order valence-corrected chi connectivity index (χ4v) is 4.76. The summed E-state index contributed by atoms with van der Waals surface area (Å²) in [5, 5.41) is 9.41. The maximum atomic E-state index is 13.2. The number of carbonyl (C=O) groups is 2. The molecule has 3 rings (SSSR count). The monoisotopic (exact) mass is 546 g/mol. The number of nitrogens with zero attached hydrogens (tertiary/aromatic N) is 2. The van der Waals surface area contributed by atoms with Crippen LogP contribution in [0.3, 0.4) is 0 Å². The summed E-state index contributed by atoms with van der Waals surface area (Å²) in [7, 11) is 0. The molecule has 216 valence electrons. The van der Waals surface area contributed by atoms with Crippen LogP contribution in [0.5, 0.6) is 0 Å². The van der Waals surface area contributed by atoms with Gasteiger partial charge in [0, 0.05) is 31.0 Å². The zero-order chi connectivity index (χ0) is 28.4. The van der Waals surface area contributed by atoms with E-state index >= 15 is 0 Å². The maximum absolute atomic E-state index is 13.2. The van der Waals surface area contributed by atoms with Gasteiger partial charge in [-0.05, 0) is 81.4 Å². The molecule has 1 atom stereocenters. The zero-order valence-electron chi connectivity index (χ0n) is 24.1. The van der Waals surface area contributed by atoms with Crippen molar-refractivity contribution in [2.24, 2.45) is 0 Å². The molecule has 0 aliphatic rings. The van der Waals surface area contributed by atoms with Crippen molar-refractivity contribution < 1.29 is 9.59 Å². The first-order chi connectivity index (χ1) is 19.6. The molecule has 3 aromatic rings. The summed E-state index contributed by atoms with van der Waals surface area (Å²) in [6.07, 6.45) is 8.96. The highest BCUT2D eigenvalue weighted by Crippen LogP contribution is 2.08. The highest BCUT2D eigenvalue weighted by Gasteiger charge is 2.21. The predicted molar refractivity (Wildman–Crippen MR) is 161 cm³/mol. The lowest BCUT2D eigenvalue weighted by atomic mass is 10.1. The van der Waals surface area contributed by atoms with Gasteiger partial charge in [-0.25, -0.2) is 4.98 Å². The van der Waals surface area contributed by atoms with Gasteiger partial charge in [-0.2, -0.15) is 0 Å². The third kappa shape index (κ3) is 11.3. The number of nitrogens with one attached hydrogen (secondary N) is 4. The van der Waals surface area contributed by atoms with Gasteiger partial charge in [0.05, 0.1) is 6.54 Å². The Morgan fingerprint density at radius 2 is 1.65 bits per heavy atom. The number of aromatic amines is 1. The van der Waals surface area contributed by atoms with E-state index in [1.807, 2.05) is 42.5 Å². The van der Waals surface area contributed by atoms with Crippen molar-refractivity contribution in [2.45, 2.75) is 71.5 Å². The van der Waals surface area contributed by atoms with Gasteiger partial charge in [0.2, 0.25) is 5.91 Å². The van der Waals surface area contributed by atoms with E-state index in [2.05, 4.69) is 56.8 Å². The number of amides is 2. The van der Waals surface area contributed by atoms with Gasteiger partial charge in [-0.3, -0.25) is 9.59 Å². The lowest BCUT2D eigenvalue weighted by Crippen LogP contribution is -2.47. The Hall–Kier alpha value is -3.49. The van der Waals surface area contributed by atoms with Crippen LogP contribution in [0.2, 0.25) is 0 Å². The molecule has 0 fully saturated rings. The standard InChI is InChI=1S/C32H46N6O2/c1-3-21-38(22-4-2)23-9-13-29(32(40)36-18-8-12-26-10-6-5-7-11-26)37-31(39)28-16-14-27(15-17-28)24-33-25-30-34-19-20-35-30/h5-7,10-11,14-17,19-20,29,33H,3-4,8-9,12-13,18,21-25H2,1-2H3,(H,34,35)(H,36,40)(H,37,39)/t29-/m0/s1. The lowest BCUT2D eigenvalue weighted by Gasteiger charge is -2.23. The summed E-state index contributed by atoms with van der Waals surface area (Å²) in [5.41, 5.74) is 2.88. The minimum atomic E-state index is -0.566. The van der Waals surface area contributed by atoms with Gasteiger partial charge in [-0.15, -0.1) is 0 Å². The summed E-state index contributed by atoms with van der Waals surface area (Å²) in [6, 6.07) is 17.2. The van der Waals surface area contributed by atoms with E-state index in [0.29, 0.717) is 31.6 Å². The van der Waals surface area contributed by atoms with E-state index in [1.165, 1.54) is 5.56 Å². The van der Waals surface area contributed by atoms with E-state index in [1.54, 1.807) is 12.4 Å². The molecule has 0 bridgehead atoms. The van der Waals surface area contributed by atoms with Crippen molar-refractivity contribution in [3.05, 3.63) is 89.5 Å². The molecular formula is C32H46N6O2. The fraction of sp³-hybridized carbons (Fsp3) is 0.469. The van der Waals surface area contributed by atoms with E-state index in [4.69, 9.17) is 0 Å². The second-order valence-corrected chi connectivity index (χ2v) is 10.2. The van der Waals surface area contributed by atoms with Crippen LogP contribution in [0.25, 0.3) is 0 Å². The molecule has 0 aliphatic carbocycles. The number of hydrogen-bond donors (Lipinski definition) is 4. The molecule has 2 amide bonds. The van der Waals surface area contributed by atoms with Crippen LogP contribution in [-0.2, 0) is 24.3 Å². The van der Waals surface area contributed by atoms with Crippen molar-refractivity contribution >= 4 is 11.8 Å². The fourth-order valence-electron chi connectivity index (χ4n) is 4.76. The van der Waals surface area contributed by atoms with Gasteiger partial charge in [0.15, 0.2) is 0 Å². The second kappa shape index (κ2) is 18.0. The van der Waals surface area contributed by atoms with Crippen LogP contribution in [0.15, 0.2) is 67.0 Å². The van der Waals surface area contributed by atoms with E-state index in [0.717, 1.165) is 63.1 Å². The van der Waals surface area contributed by atoms with Crippen LogP contribution in [0.4, 0.5) is 0 Å². The van der Waals surface area contributed by atoms with Crippen LogP contribution >= 0.6 is 0 Å². The molecule has 0 aliphatic heterocycles. The van der Waals surface area contributed by atoms with Crippen molar-refractivity contribution in [3.8, 4) is 0 Å². The Morgan fingerprint density at radius 1 is 0.900 bits per heavy atom. The maximum Gasteiger partial charge on any atom is 0.251 e. The first kappa shape index (κ1) is 31.0. The number of rotatable bonds is 19. The molecule has 8 heteroatoms. The Morgan fingerprint density at radius 3 is 2.33 bits per heavy atom. The van der Waals surface area contributed by atoms with E-state index < -0.39 is 6.04 Å². The molecule has 40 heavy (non-hydrogen) atoms. The highest BCUT2D eigenvalue weighted by atomic mass is 16.2. The molecule has 0 spiro atoms.